The van der Waals surface area contributed by atoms with Crippen LogP contribution in [0.2, 0.25) is 0 Å². The number of aryl methyl sites for hydroxylation is 1. The average molecular weight is 357 g/mol. The van der Waals surface area contributed by atoms with Gasteiger partial charge in [-0.3, -0.25) is 4.79 Å². The van der Waals surface area contributed by atoms with Gasteiger partial charge in [-0.15, -0.1) is 0 Å². The molecule has 5 nitrogen and oxygen atoms in total. The summed E-state index contributed by atoms with van der Waals surface area (Å²) in [5.74, 6) is -1.39. The molecule has 0 aliphatic heterocycles. The lowest BCUT2D eigenvalue weighted by Crippen LogP contribution is -2.27. The third-order valence-corrected chi connectivity index (χ3v) is 4.65. The van der Waals surface area contributed by atoms with E-state index in [1.807, 2.05) is 0 Å². The standard InChI is InChI=1S/C19H17F2N3O2/c1-9(13-6-5-12(20)7-15(13)21)22-18(25)14-8-16(11-3-4-11)23-19-17(14)10(2)24-26-19/h5-9,11H,3-4H2,1-2H3,(H,22,25)/t9-/m0/s1. The quantitative estimate of drug-likeness (QED) is 0.761. The molecule has 2 heterocycles. The van der Waals surface area contributed by atoms with Gasteiger partial charge in [0.15, 0.2) is 0 Å². The number of fused-ring (bicyclic) bond motifs is 1. The minimum atomic E-state index is -0.697. The number of halogens is 2. The van der Waals surface area contributed by atoms with E-state index in [1.165, 1.54) is 12.1 Å². The van der Waals surface area contributed by atoms with E-state index < -0.39 is 17.7 Å². The van der Waals surface area contributed by atoms with Crippen LogP contribution in [-0.4, -0.2) is 16.0 Å². The van der Waals surface area contributed by atoms with Crippen molar-refractivity contribution in [3.05, 3.63) is 58.4 Å². The van der Waals surface area contributed by atoms with Crippen molar-refractivity contribution in [2.45, 2.75) is 38.6 Å². The number of hydrogen-bond acceptors (Lipinski definition) is 4. The molecule has 1 aliphatic rings. The molecule has 3 aromatic rings. The molecule has 7 heteroatoms. The smallest absolute Gasteiger partial charge is 0.259 e. The van der Waals surface area contributed by atoms with Crippen LogP contribution in [0.3, 0.4) is 0 Å². The van der Waals surface area contributed by atoms with Crippen LogP contribution in [0.1, 0.15) is 59.0 Å². The Morgan fingerprint density at radius 1 is 1.31 bits per heavy atom. The molecule has 1 amide bonds. The molecule has 0 saturated heterocycles. The second kappa shape index (κ2) is 6.16. The normalized spacial score (nSPS) is 15.2. The van der Waals surface area contributed by atoms with Gasteiger partial charge in [-0.1, -0.05) is 11.2 Å². The van der Waals surface area contributed by atoms with Gasteiger partial charge < -0.3 is 9.84 Å². The largest absolute Gasteiger partial charge is 0.345 e. The number of amides is 1. The Balaban J connectivity index is 1.68. The minimum absolute atomic E-state index is 0.217. The molecule has 1 aliphatic carbocycles. The molecular weight excluding hydrogens is 340 g/mol. The molecule has 4 rings (SSSR count). The summed E-state index contributed by atoms with van der Waals surface area (Å²) in [6, 6.07) is 4.43. The van der Waals surface area contributed by atoms with E-state index in [1.54, 1.807) is 19.9 Å². The van der Waals surface area contributed by atoms with Crippen LogP contribution in [0.15, 0.2) is 28.8 Å². The molecule has 0 bridgehead atoms. The molecular formula is C19H17F2N3O2. The van der Waals surface area contributed by atoms with Crippen molar-refractivity contribution < 1.29 is 18.1 Å². The first-order valence-electron chi connectivity index (χ1n) is 8.46. The number of carbonyl (C=O) groups is 1. The maximum Gasteiger partial charge on any atom is 0.259 e. The van der Waals surface area contributed by atoms with E-state index in [4.69, 9.17) is 4.52 Å². The summed E-state index contributed by atoms with van der Waals surface area (Å²) >= 11 is 0. The summed E-state index contributed by atoms with van der Waals surface area (Å²) in [6.07, 6.45) is 2.06. The van der Waals surface area contributed by atoms with E-state index in [0.29, 0.717) is 28.3 Å². The highest BCUT2D eigenvalue weighted by Gasteiger charge is 2.29. The lowest BCUT2D eigenvalue weighted by Gasteiger charge is -2.16. The number of nitrogens with one attached hydrogen (secondary N) is 1. The summed E-state index contributed by atoms with van der Waals surface area (Å²) in [6.45, 7) is 3.39. The van der Waals surface area contributed by atoms with Crippen molar-refractivity contribution in [3.63, 3.8) is 0 Å². The fourth-order valence-corrected chi connectivity index (χ4v) is 3.09. The van der Waals surface area contributed by atoms with Crippen LogP contribution in [0, 0.1) is 18.6 Å². The number of nitrogens with zero attached hydrogens (tertiary/aromatic N) is 2. The molecule has 1 atom stereocenters. The van der Waals surface area contributed by atoms with Gasteiger partial charge in [-0.05, 0) is 38.8 Å². The van der Waals surface area contributed by atoms with Crippen LogP contribution >= 0.6 is 0 Å². The fourth-order valence-electron chi connectivity index (χ4n) is 3.09. The Bertz CT molecular complexity index is 1010. The molecule has 0 spiro atoms. The van der Waals surface area contributed by atoms with Crippen molar-refractivity contribution in [2.24, 2.45) is 0 Å². The Morgan fingerprint density at radius 3 is 2.77 bits per heavy atom. The van der Waals surface area contributed by atoms with Gasteiger partial charge in [0.25, 0.3) is 11.6 Å². The highest BCUT2D eigenvalue weighted by atomic mass is 19.1. The molecule has 1 aromatic carbocycles. The highest BCUT2D eigenvalue weighted by molar-refractivity contribution is 6.06. The number of benzene rings is 1. The fraction of sp³-hybridized carbons (Fsp3) is 0.316. The number of pyridine rings is 1. The van der Waals surface area contributed by atoms with Crippen molar-refractivity contribution in [1.29, 1.82) is 0 Å². The lowest BCUT2D eigenvalue weighted by molar-refractivity contribution is 0.0940. The molecule has 1 saturated carbocycles. The molecule has 1 N–H and O–H groups in total. The van der Waals surface area contributed by atoms with Gasteiger partial charge in [0.05, 0.1) is 22.7 Å². The van der Waals surface area contributed by atoms with Crippen LogP contribution in [0.5, 0.6) is 0 Å². The first-order chi connectivity index (χ1) is 12.4. The van der Waals surface area contributed by atoms with Crippen LogP contribution < -0.4 is 5.32 Å². The predicted octanol–water partition coefficient (Wildman–Crippen LogP) is 4.18. The number of rotatable bonds is 4. The van der Waals surface area contributed by atoms with Gasteiger partial charge in [-0.2, -0.15) is 0 Å². The average Bonchev–Trinajstić information content (AvgIpc) is 3.38. The summed E-state index contributed by atoms with van der Waals surface area (Å²) in [5.41, 5.74) is 2.33. The van der Waals surface area contributed by atoms with E-state index >= 15 is 0 Å². The van der Waals surface area contributed by atoms with Crippen LogP contribution in [0.4, 0.5) is 8.78 Å². The predicted molar refractivity (Wildman–Crippen MR) is 90.8 cm³/mol. The maximum absolute atomic E-state index is 14.0. The molecule has 2 aromatic heterocycles. The Kier molecular flexibility index (Phi) is 3.94. The van der Waals surface area contributed by atoms with E-state index in [9.17, 15) is 13.6 Å². The number of aromatic nitrogens is 2. The molecule has 1 fully saturated rings. The topological polar surface area (TPSA) is 68.0 Å². The van der Waals surface area contributed by atoms with Gasteiger partial charge in [0, 0.05) is 23.2 Å². The Labute approximate surface area is 148 Å². The molecule has 134 valence electrons. The van der Waals surface area contributed by atoms with Crippen molar-refractivity contribution in [1.82, 2.24) is 15.5 Å². The second-order valence-electron chi connectivity index (χ2n) is 6.68. The van der Waals surface area contributed by atoms with Gasteiger partial charge in [0.2, 0.25) is 0 Å². The third-order valence-electron chi connectivity index (χ3n) is 4.65. The third kappa shape index (κ3) is 2.94. The van der Waals surface area contributed by atoms with Gasteiger partial charge in [0.1, 0.15) is 11.6 Å². The van der Waals surface area contributed by atoms with Crippen LogP contribution in [0.25, 0.3) is 11.1 Å². The van der Waals surface area contributed by atoms with E-state index in [0.717, 1.165) is 24.6 Å². The summed E-state index contributed by atoms with van der Waals surface area (Å²) in [5, 5.41) is 7.23. The molecule has 26 heavy (non-hydrogen) atoms. The zero-order valence-corrected chi connectivity index (χ0v) is 14.3. The minimum Gasteiger partial charge on any atom is -0.345 e. The zero-order valence-electron chi connectivity index (χ0n) is 14.3. The van der Waals surface area contributed by atoms with Crippen molar-refractivity contribution >= 4 is 17.0 Å². The summed E-state index contributed by atoms with van der Waals surface area (Å²) in [4.78, 5) is 17.3. The number of hydrogen-bond donors (Lipinski definition) is 1. The molecule has 0 radical (unpaired) electrons. The summed E-state index contributed by atoms with van der Waals surface area (Å²) in [7, 11) is 0. The monoisotopic (exact) mass is 357 g/mol. The van der Waals surface area contributed by atoms with Crippen molar-refractivity contribution in [2.75, 3.05) is 0 Å². The zero-order chi connectivity index (χ0) is 18.4. The van der Waals surface area contributed by atoms with Gasteiger partial charge >= 0.3 is 0 Å². The van der Waals surface area contributed by atoms with Gasteiger partial charge in [-0.25, -0.2) is 13.8 Å². The SMILES string of the molecule is Cc1noc2nc(C3CC3)cc(C(=O)N[C@@H](C)c3ccc(F)cc3F)c12. The van der Waals surface area contributed by atoms with Crippen molar-refractivity contribution in [3.8, 4) is 0 Å². The lowest BCUT2D eigenvalue weighted by atomic mass is 10.0. The van der Waals surface area contributed by atoms with E-state index in [-0.39, 0.29) is 11.5 Å². The maximum atomic E-state index is 14.0. The Morgan fingerprint density at radius 2 is 2.08 bits per heavy atom. The number of carbonyl (C=O) groups excluding carboxylic acids is 1. The van der Waals surface area contributed by atoms with Crippen LogP contribution in [-0.2, 0) is 0 Å². The second-order valence-corrected chi connectivity index (χ2v) is 6.68. The first kappa shape index (κ1) is 16.6. The highest BCUT2D eigenvalue weighted by Crippen LogP contribution is 2.40. The Hall–Kier alpha value is -2.83. The molecule has 0 unspecified atom stereocenters. The van der Waals surface area contributed by atoms with E-state index in [2.05, 4.69) is 15.5 Å². The summed E-state index contributed by atoms with van der Waals surface area (Å²) < 4.78 is 32.3. The first-order valence-corrected chi connectivity index (χ1v) is 8.46.